The summed E-state index contributed by atoms with van der Waals surface area (Å²) in [5.41, 5.74) is 3.22. The van der Waals surface area contributed by atoms with Crippen LogP contribution >= 0.6 is 0 Å². The first-order chi connectivity index (χ1) is 15.6. The molecule has 1 aromatic heterocycles. The molecule has 0 saturated carbocycles. The molecule has 0 aliphatic heterocycles. The number of nitrogens with one attached hydrogen (secondary N) is 1. The predicted octanol–water partition coefficient (Wildman–Crippen LogP) is 4.63. The Morgan fingerprint density at radius 1 is 0.969 bits per heavy atom. The molecule has 1 heterocycles. The second-order valence-corrected chi connectivity index (χ2v) is 7.04. The van der Waals surface area contributed by atoms with Gasteiger partial charge in [0.25, 0.3) is 5.91 Å². The molecule has 32 heavy (non-hydrogen) atoms. The molecule has 0 aliphatic rings. The molecule has 0 spiro atoms. The van der Waals surface area contributed by atoms with Gasteiger partial charge in [0.2, 0.25) is 0 Å². The molecule has 1 amide bonds. The molecule has 3 aromatic carbocycles. The van der Waals surface area contributed by atoms with Gasteiger partial charge in [-0.15, -0.1) is 0 Å². The number of carbonyl (C=O) groups is 1. The Balaban J connectivity index is 1.70. The number of amides is 1. The third-order valence-electron chi connectivity index (χ3n) is 4.99. The summed E-state index contributed by atoms with van der Waals surface area (Å²) in [5.74, 6) is 0.621. The number of benzene rings is 3. The first-order valence-corrected chi connectivity index (χ1v) is 9.99. The molecule has 0 atom stereocenters. The van der Waals surface area contributed by atoms with E-state index in [0.717, 1.165) is 16.8 Å². The smallest absolute Gasteiger partial charge is 0.270 e. The number of hydrogen-bond donors (Lipinski definition) is 1. The van der Waals surface area contributed by atoms with Crippen molar-refractivity contribution < 1.29 is 18.7 Å². The van der Waals surface area contributed by atoms with Crippen LogP contribution < -0.4 is 14.8 Å². The van der Waals surface area contributed by atoms with Gasteiger partial charge in [0.15, 0.2) is 0 Å². The highest BCUT2D eigenvalue weighted by molar-refractivity contribution is 5.94. The Morgan fingerprint density at radius 2 is 1.72 bits per heavy atom. The van der Waals surface area contributed by atoms with Crippen molar-refractivity contribution in [3.05, 3.63) is 95.9 Å². The van der Waals surface area contributed by atoms with Crippen LogP contribution in [0.1, 0.15) is 16.1 Å². The highest BCUT2D eigenvalue weighted by atomic mass is 19.1. The van der Waals surface area contributed by atoms with Gasteiger partial charge >= 0.3 is 0 Å². The van der Waals surface area contributed by atoms with E-state index in [2.05, 4.69) is 10.4 Å². The van der Waals surface area contributed by atoms with Crippen molar-refractivity contribution in [3.8, 4) is 28.4 Å². The van der Waals surface area contributed by atoms with E-state index in [9.17, 15) is 9.18 Å². The zero-order chi connectivity index (χ0) is 22.5. The third kappa shape index (κ3) is 4.46. The fourth-order valence-electron chi connectivity index (χ4n) is 3.33. The van der Waals surface area contributed by atoms with Crippen molar-refractivity contribution in [3.63, 3.8) is 0 Å². The summed E-state index contributed by atoms with van der Waals surface area (Å²) in [6.45, 7) is 0.264. The van der Waals surface area contributed by atoms with E-state index in [1.54, 1.807) is 43.2 Å². The van der Waals surface area contributed by atoms with Crippen molar-refractivity contribution in [2.24, 2.45) is 0 Å². The number of carbonyl (C=O) groups excluding carboxylic acids is 1. The molecule has 0 radical (unpaired) electrons. The molecule has 4 aromatic rings. The lowest BCUT2D eigenvalue weighted by Crippen LogP contribution is -2.25. The number of hydrogen-bond acceptors (Lipinski definition) is 4. The first-order valence-electron chi connectivity index (χ1n) is 9.99. The summed E-state index contributed by atoms with van der Waals surface area (Å²) in [4.78, 5) is 13.1. The zero-order valence-electron chi connectivity index (χ0n) is 17.7. The lowest BCUT2D eigenvalue weighted by Gasteiger charge is -2.09. The van der Waals surface area contributed by atoms with Crippen LogP contribution in [0.25, 0.3) is 16.9 Å². The van der Waals surface area contributed by atoms with Gasteiger partial charge in [0.05, 0.1) is 25.6 Å². The van der Waals surface area contributed by atoms with Crippen molar-refractivity contribution in [2.45, 2.75) is 6.54 Å². The Morgan fingerprint density at radius 3 is 2.41 bits per heavy atom. The minimum atomic E-state index is -0.319. The van der Waals surface area contributed by atoms with Gasteiger partial charge in [-0.1, -0.05) is 30.3 Å². The minimum absolute atomic E-state index is 0.264. The van der Waals surface area contributed by atoms with E-state index in [0.29, 0.717) is 22.9 Å². The number of nitrogens with zero attached hydrogens (tertiary/aromatic N) is 2. The standard InChI is InChI=1S/C25H22FN3O3/c1-31-20-12-13-21(24(14-20)32-2)22-15-23(29(28-22)19-6-4-3-5-7-19)25(30)27-16-17-8-10-18(26)11-9-17/h3-15H,16H2,1-2H3,(H,27,30). The molecule has 0 aliphatic carbocycles. The van der Waals surface area contributed by atoms with Crippen LogP contribution in [0.5, 0.6) is 11.5 Å². The average Bonchev–Trinajstić information content (AvgIpc) is 3.29. The van der Waals surface area contributed by atoms with Crippen LogP contribution in [0.4, 0.5) is 4.39 Å². The maximum atomic E-state index is 13.1. The second-order valence-electron chi connectivity index (χ2n) is 7.04. The Bertz CT molecular complexity index is 1220. The van der Waals surface area contributed by atoms with Gasteiger partial charge in [0.1, 0.15) is 23.0 Å². The van der Waals surface area contributed by atoms with E-state index in [1.165, 1.54) is 12.1 Å². The zero-order valence-corrected chi connectivity index (χ0v) is 17.7. The molecular formula is C25H22FN3O3. The van der Waals surface area contributed by atoms with E-state index in [4.69, 9.17) is 9.47 Å². The Hall–Kier alpha value is -4.13. The number of para-hydroxylation sites is 1. The van der Waals surface area contributed by atoms with E-state index in [-0.39, 0.29) is 18.3 Å². The fraction of sp³-hybridized carbons (Fsp3) is 0.120. The molecule has 6 nitrogen and oxygen atoms in total. The van der Waals surface area contributed by atoms with Crippen molar-refractivity contribution in [2.75, 3.05) is 14.2 Å². The maximum absolute atomic E-state index is 13.1. The van der Waals surface area contributed by atoms with Gasteiger partial charge in [-0.3, -0.25) is 4.79 Å². The van der Waals surface area contributed by atoms with E-state index in [1.807, 2.05) is 42.5 Å². The number of ether oxygens (including phenoxy) is 2. The summed E-state index contributed by atoms with van der Waals surface area (Å²) < 4.78 is 25.5. The lowest BCUT2D eigenvalue weighted by atomic mass is 10.1. The van der Waals surface area contributed by atoms with Gasteiger partial charge in [-0.2, -0.15) is 5.10 Å². The van der Waals surface area contributed by atoms with Gasteiger partial charge in [0, 0.05) is 18.2 Å². The summed E-state index contributed by atoms with van der Waals surface area (Å²) in [6, 6.07) is 22.6. The Kier molecular flexibility index (Phi) is 6.17. The molecule has 162 valence electrons. The molecular weight excluding hydrogens is 409 g/mol. The van der Waals surface area contributed by atoms with Crippen molar-refractivity contribution >= 4 is 5.91 Å². The highest BCUT2D eigenvalue weighted by Crippen LogP contribution is 2.33. The number of rotatable bonds is 7. The van der Waals surface area contributed by atoms with Crippen LogP contribution in [0.2, 0.25) is 0 Å². The molecule has 0 fully saturated rings. The van der Waals surface area contributed by atoms with Crippen LogP contribution in [0.3, 0.4) is 0 Å². The van der Waals surface area contributed by atoms with Crippen LogP contribution in [0, 0.1) is 5.82 Å². The quantitative estimate of drug-likeness (QED) is 0.464. The summed E-state index contributed by atoms with van der Waals surface area (Å²) >= 11 is 0. The number of aromatic nitrogens is 2. The molecule has 0 saturated heterocycles. The Labute approximate surface area is 185 Å². The van der Waals surface area contributed by atoms with E-state index >= 15 is 0 Å². The summed E-state index contributed by atoms with van der Waals surface area (Å²) in [7, 11) is 3.16. The summed E-state index contributed by atoms with van der Waals surface area (Å²) in [6.07, 6.45) is 0. The average molecular weight is 431 g/mol. The highest BCUT2D eigenvalue weighted by Gasteiger charge is 2.19. The molecule has 0 unspecified atom stereocenters. The van der Waals surface area contributed by atoms with Crippen molar-refractivity contribution in [1.82, 2.24) is 15.1 Å². The van der Waals surface area contributed by atoms with E-state index < -0.39 is 0 Å². The summed E-state index contributed by atoms with van der Waals surface area (Å²) in [5, 5.41) is 7.57. The molecule has 7 heteroatoms. The molecule has 4 rings (SSSR count). The number of methoxy groups -OCH3 is 2. The topological polar surface area (TPSA) is 65.4 Å². The first kappa shape index (κ1) is 21.1. The monoisotopic (exact) mass is 431 g/mol. The number of halogens is 1. The van der Waals surface area contributed by atoms with Crippen LogP contribution in [0.15, 0.2) is 78.9 Å². The minimum Gasteiger partial charge on any atom is -0.497 e. The van der Waals surface area contributed by atoms with Crippen molar-refractivity contribution in [1.29, 1.82) is 0 Å². The van der Waals surface area contributed by atoms with Gasteiger partial charge in [-0.05, 0) is 48.0 Å². The SMILES string of the molecule is COc1ccc(-c2cc(C(=O)NCc3ccc(F)cc3)n(-c3ccccc3)n2)c(OC)c1. The fourth-order valence-corrected chi connectivity index (χ4v) is 3.33. The molecule has 1 N–H and O–H groups in total. The molecule has 0 bridgehead atoms. The van der Waals surface area contributed by atoms with Crippen LogP contribution in [-0.2, 0) is 6.54 Å². The maximum Gasteiger partial charge on any atom is 0.270 e. The van der Waals surface area contributed by atoms with Crippen LogP contribution in [-0.4, -0.2) is 29.9 Å². The van der Waals surface area contributed by atoms with Gasteiger partial charge in [-0.25, -0.2) is 9.07 Å². The lowest BCUT2D eigenvalue weighted by molar-refractivity contribution is 0.0943. The second kappa shape index (κ2) is 9.34. The largest absolute Gasteiger partial charge is 0.497 e. The predicted molar refractivity (Wildman–Crippen MR) is 120 cm³/mol. The normalized spacial score (nSPS) is 10.6. The van der Waals surface area contributed by atoms with Gasteiger partial charge < -0.3 is 14.8 Å². The third-order valence-corrected chi connectivity index (χ3v) is 4.99.